The van der Waals surface area contributed by atoms with Gasteiger partial charge in [0.2, 0.25) is 0 Å². The first kappa shape index (κ1) is 26.9. The van der Waals surface area contributed by atoms with Crippen LogP contribution in [-0.2, 0) is 32.8 Å². The molecule has 38 heavy (non-hydrogen) atoms. The lowest BCUT2D eigenvalue weighted by molar-refractivity contribution is -0.117. The fourth-order valence-electron chi connectivity index (χ4n) is 4.53. The normalized spacial score (nSPS) is 15.7. The molecule has 0 radical (unpaired) electrons. The Labute approximate surface area is 236 Å². The number of carbonyl (C=O) groups excluding carboxylic acids is 1. The van der Waals surface area contributed by atoms with Gasteiger partial charge in [-0.15, -0.1) is 0 Å². The maximum absolute atomic E-state index is 12.8. The van der Waals surface area contributed by atoms with E-state index in [1.165, 1.54) is 0 Å². The van der Waals surface area contributed by atoms with Gasteiger partial charge in [-0.25, -0.2) is 8.99 Å². The molecule has 1 aliphatic rings. The second-order valence-electron chi connectivity index (χ2n) is 9.45. The van der Waals surface area contributed by atoms with Gasteiger partial charge in [0.15, 0.2) is 5.82 Å². The number of halogens is 3. The van der Waals surface area contributed by atoms with Crippen LogP contribution in [-0.4, -0.2) is 25.9 Å². The Morgan fingerprint density at radius 2 is 1.58 bits per heavy atom. The molecule has 0 saturated heterocycles. The summed E-state index contributed by atoms with van der Waals surface area (Å²) in [5, 5.41) is 5.78. The van der Waals surface area contributed by atoms with Crippen LogP contribution in [0.15, 0.2) is 70.1 Å². The molecule has 1 saturated carbocycles. The molecule has 3 aromatic carbocycles. The lowest BCUT2D eigenvalue weighted by Gasteiger charge is -2.17. The van der Waals surface area contributed by atoms with Crippen LogP contribution in [0.1, 0.15) is 42.3 Å². The highest BCUT2D eigenvalue weighted by Crippen LogP contribution is 2.56. The Morgan fingerprint density at radius 1 is 0.974 bits per heavy atom. The fourth-order valence-corrected chi connectivity index (χ4v) is 6.46. The maximum Gasteiger partial charge on any atom is 0.257 e. The van der Waals surface area contributed by atoms with Crippen LogP contribution in [0.5, 0.6) is 0 Å². The predicted molar refractivity (Wildman–Crippen MR) is 150 cm³/mol. The summed E-state index contributed by atoms with van der Waals surface area (Å²) < 4.78 is 25.6. The largest absolute Gasteiger partial charge is 0.334 e. The van der Waals surface area contributed by atoms with E-state index in [2.05, 4.69) is 10.1 Å². The average molecular weight is 589 g/mol. The Kier molecular flexibility index (Phi) is 7.40. The standard InChI is InChI=1S/C28H24Cl3N3O3S/c1-2-38(32,36)22-9-3-17(4-10-22)13-21(35)14-18-15-23(30)25(24(31)16-18)28(11-12-28)27-33-26(37-34-27)19-5-7-20(29)8-6-19/h3-10,15-16,32H,2,11-14H2,1H3. The van der Waals surface area contributed by atoms with Gasteiger partial charge in [-0.2, -0.15) is 4.98 Å². The summed E-state index contributed by atoms with van der Waals surface area (Å²) in [6.45, 7) is 1.72. The minimum absolute atomic E-state index is 0.00774. The Balaban J connectivity index is 1.32. The third kappa shape index (κ3) is 5.38. The number of ketones is 1. The lowest BCUT2D eigenvalue weighted by atomic mass is 9.92. The van der Waals surface area contributed by atoms with E-state index >= 15 is 0 Å². The summed E-state index contributed by atoms with van der Waals surface area (Å²) >= 11 is 19.4. The van der Waals surface area contributed by atoms with Crippen molar-refractivity contribution < 1.29 is 13.5 Å². The Hall–Kier alpha value is -2.71. The summed E-state index contributed by atoms with van der Waals surface area (Å²) in [5.74, 6) is 1.16. The number of aromatic nitrogens is 2. The maximum atomic E-state index is 12.8. The predicted octanol–water partition coefficient (Wildman–Crippen LogP) is 7.56. The van der Waals surface area contributed by atoms with Crippen molar-refractivity contribution in [2.75, 3.05) is 5.75 Å². The smallest absolute Gasteiger partial charge is 0.257 e. The van der Waals surface area contributed by atoms with Crippen molar-refractivity contribution in [1.29, 1.82) is 4.78 Å². The highest BCUT2D eigenvalue weighted by molar-refractivity contribution is 7.92. The first-order valence-electron chi connectivity index (χ1n) is 12.1. The van der Waals surface area contributed by atoms with Crippen LogP contribution >= 0.6 is 34.8 Å². The van der Waals surface area contributed by atoms with Gasteiger partial charge in [0.05, 0.1) is 15.1 Å². The zero-order chi connectivity index (χ0) is 27.1. The third-order valence-electron chi connectivity index (χ3n) is 6.79. The fraction of sp³-hybridized carbons (Fsp3) is 0.250. The van der Waals surface area contributed by atoms with Crippen molar-refractivity contribution in [1.82, 2.24) is 10.1 Å². The molecule has 1 unspecified atom stereocenters. The highest BCUT2D eigenvalue weighted by Gasteiger charge is 2.52. The van der Waals surface area contributed by atoms with Crippen molar-refractivity contribution in [3.63, 3.8) is 0 Å². The molecular weight excluding hydrogens is 565 g/mol. The van der Waals surface area contributed by atoms with Crippen LogP contribution in [0, 0.1) is 4.78 Å². The number of nitrogens with zero attached hydrogens (tertiary/aromatic N) is 2. The van der Waals surface area contributed by atoms with Gasteiger partial charge in [0, 0.05) is 49.7 Å². The molecule has 1 aromatic heterocycles. The average Bonchev–Trinajstić information content (AvgIpc) is 3.51. The van der Waals surface area contributed by atoms with Crippen molar-refractivity contribution in [3.05, 3.63) is 98.2 Å². The second kappa shape index (κ2) is 10.5. The van der Waals surface area contributed by atoms with E-state index in [1.807, 2.05) is 12.1 Å². The first-order valence-corrected chi connectivity index (χ1v) is 14.9. The lowest BCUT2D eigenvalue weighted by Crippen LogP contribution is -2.13. The van der Waals surface area contributed by atoms with Crippen molar-refractivity contribution in [2.45, 2.75) is 42.9 Å². The van der Waals surface area contributed by atoms with E-state index in [-0.39, 0.29) is 24.4 Å². The third-order valence-corrected chi connectivity index (χ3v) is 9.48. The minimum Gasteiger partial charge on any atom is -0.334 e. The summed E-state index contributed by atoms with van der Waals surface area (Å²) in [5.41, 5.74) is 2.50. The molecule has 0 spiro atoms. The van der Waals surface area contributed by atoms with Gasteiger partial charge in [0.1, 0.15) is 5.78 Å². The molecule has 1 fully saturated rings. The van der Waals surface area contributed by atoms with Crippen molar-refractivity contribution >= 4 is 50.3 Å². The minimum atomic E-state index is -2.78. The molecule has 6 nitrogen and oxygen atoms in total. The molecular formula is C28H24Cl3N3O3S. The van der Waals surface area contributed by atoms with Crippen LogP contribution in [0.3, 0.4) is 0 Å². The van der Waals surface area contributed by atoms with Gasteiger partial charge in [-0.05, 0) is 72.5 Å². The molecule has 1 heterocycles. The van der Waals surface area contributed by atoms with E-state index in [0.29, 0.717) is 31.7 Å². The number of hydrogen-bond acceptors (Lipinski definition) is 6. The second-order valence-corrected chi connectivity index (χ2v) is 13.1. The Bertz CT molecular complexity index is 1590. The van der Waals surface area contributed by atoms with Gasteiger partial charge < -0.3 is 4.52 Å². The molecule has 0 aliphatic heterocycles. The number of benzene rings is 3. The number of carbonyl (C=O) groups is 1. The van der Waals surface area contributed by atoms with E-state index in [1.54, 1.807) is 55.5 Å². The van der Waals surface area contributed by atoms with Crippen molar-refractivity contribution in [3.8, 4) is 11.5 Å². The highest BCUT2D eigenvalue weighted by atomic mass is 35.5. The van der Waals surface area contributed by atoms with Gasteiger partial charge in [-0.3, -0.25) is 4.79 Å². The van der Waals surface area contributed by atoms with E-state index < -0.39 is 15.1 Å². The van der Waals surface area contributed by atoms with Crippen LogP contribution in [0.2, 0.25) is 15.1 Å². The number of rotatable bonds is 9. The SMILES string of the molecule is CCS(=N)(=O)c1ccc(CC(=O)Cc2cc(Cl)c(C3(c4noc(-c5ccc(Cl)cc5)n4)CC3)c(Cl)c2)cc1. The molecule has 1 atom stereocenters. The summed E-state index contributed by atoms with van der Waals surface area (Å²) in [7, 11) is -2.78. The monoisotopic (exact) mass is 587 g/mol. The number of Topliss-reactive ketones (excluding diaryl/α,β-unsaturated/α-hetero) is 1. The van der Waals surface area contributed by atoms with E-state index in [0.717, 1.165) is 35.1 Å². The summed E-state index contributed by atoms with van der Waals surface area (Å²) in [6, 6.07) is 17.5. The molecule has 10 heteroatoms. The summed E-state index contributed by atoms with van der Waals surface area (Å²) in [6.07, 6.45) is 1.94. The van der Waals surface area contributed by atoms with E-state index in [4.69, 9.17) is 44.1 Å². The molecule has 0 bridgehead atoms. The van der Waals surface area contributed by atoms with Gasteiger partial charge in [0.25, 0.3) is 5.89 Å². The first-order chi connectivity index (χ1) is 18.1. The number of nitrogens with one attached hydrogen (secondary N) is 1. The van der Waals surface area contributed by atoms with Crippen LogP contribution < -0.4 is 0 Å². The molecule has 1 N–H and O–H groups in total. The topological polar surface area (TPSA) is 96.9 Å². The van der Waals surface area contributed by atoms with Crippen LogP contribution in [0.4, 0.5) is 0 Å². The zero-order valence-corrected chi connectivity index (χ0v) is 23.6. The van der Waals surface area contributed by atoms with Gasteiger partial charge in [-0.1, -0.05) is 59.0 Å². The van der Waals surface area contributed by atoms with Gasteiger partial charge >= 0.3 is 0 Å². The molecule has 4 aromatic rings. The molecule has 0 amide bonds. The molecule has 1 aliphatic carbocycles. The number of hydrogen-bond donors (Lipinski definition) is 1. The van der Waals surface area contributed by atoms with Crippen molar-refractivity contribution in [2.24, 2.45) is 0 Å². The molecule has 196 valence electrons. The van der Waals surface area contributed by atoms with Crippen LogP contribution in [0.25, 0.3) is 11.5 Å². The quantitative estimate of drug-likeness (QED) is 0.218. The summed E-state index contributed by atoms with van der Waals surface area (Å²) in [4.78, 5) is 17.9. The zero-order valence-electron chi connectivity index (χ0n) is 20.5. The van der Waals surface area contributed by atoms with E-state index in [9.17, 15) is 9.00 Å². The Morgan fingerprint density at radius 3 is 2.16 bits per heavy atom. The molecule has 5 rings (SSSR count).